The molecule has 0 saturated carbocycles. The number of hydrogen-bond acceptors (Lipinski definition) is 4. The van der Waals surface area contributed by atoms with E-state index in [1.807, 2.05) is 19.2 Å². The molecule has 1 aromatic carbocycles. The van der Waals surface area contributed by atoms with Gasteiger partial charge in [0.1, 0.15) is 0 Å². The first-order valence-electron chi connectivity index (χ1n) is 7.48. The highest BCUT2D eigenvalue weighted by molar-refractivity contribution is 5.91. The summed E-state index contributed by atoms with van der Waals surface area (Å²) in [7, 11) is 3.59. The third kappa shape index (κ3) is 3.81. The van der Waals surface area contributed by atoms with Crippen LogP contribution in [0.25, 0.3) is 0 Å². The Kier molecular flexibility index (Phi) is 5.47. The number of likely N-dealkylation sites (N-methyl/N-ethyl adjacent to an activating group) is 1. The molecule has 1 heterocycles. The number of anilines is 1. The van der Waals surface area contributed by atoms with Crippen LogP contribution in [0.1, 0.15) is 29.4 Å². The molecule has 0 aliphatic heterocycles. The molecule has 0 spiro atoms. The summed E-state index contributed by atoms with van der Waals surface area (Å²) in [5.74, 6) is 0.550. The average Bonchev–Trinajstić information content (AvgIpc) is 2.59. The van der Waals surface area contributed by atoms with Crippen molar-refractivity contribution in [3.8, 4) is 0 Å². The summed E-state index contributed by atoms with van der Waals surface area (Å²) < 4.78 is 0. The summed E-state index contributed by atoms with van der Waals surface area (Å²) in [4.78, 5) is 13.6. The van der Waals surface area contributed by atoms with E-state index in [1.54, 1.807) is 13.1 Å². The Morgan fingerprint density at radius 3 is 2.45 bits per heavy atom. The van der Waals surface area contributed by atoms with Gasteiger partial charge in [0.2, 0.25) is 0 Å². The van der Waals surface area contributed by atoms with Crippen LogP contribution in [0.15, 0.2) is 42.5 Å². The molecule has 116 valence electrons. The lowest BCUT2D eigenvalue weighted by Crippen LogP contribution is -2.34. The Labute approximate surface area is 131 Å². The third-order valence-corrected chi connectivity index (χ3v) is 3.80. The van der Waals surface area contributed by atoms with E-state index >= 15 is 0 Å². The van der Waals surface area contributed by atoms with Gasteiger partial charge in [0.05, 0.1) is 0 Å². The summed E-state index contributed by atoms with van der Waals surface area (Å²) in [6.07, 6.45) is 1.96. The Hall–Kier alpha value is -2.43. The van der Waals surface area contributed by atoms with Gasteiger partial charge in [-0.2, -0.15) is 0 Å². The first kappa shape index (κ1) is 15.9. The minimum atomic E-state index is -0.224. The second-order valence-corrected chi connectivity index (χ2v) is 5.22. The van der Waals surface area contributed by atoms with Crippen molar-refractivity contribution in [2.24, 2.45) is 0 Å². The van der Waals surface area contributed by atoms with Gasteiger partial charge in [-0.1, -0.05) is 37.3 Å². The minimum absolute atomic E-state index is 0.224. The van der Waals surface area contributed by atoms with E-state index in [4.69, 9.17) is 0 Å². The van der Waals surface area contributed by atoms with Crippen LogP contribution < -0.4 is 10.2 Å². The van der Waals surface area contributed by atoms with Crippen LogP contribution in [-0.2, 0) is 6.42 Å². The van der Waals surface area contributed by atoms with Crippen molar-refractivity contribution < 1.29 is 4.79 Å². The quantitative estimate of drug-likeness (QED) is 0.889. The Bertz CT molecular complexity index is 598. The van der Waals surface area contributed by atoms with Gasteiger partial charge in [0.25, 0.3) is 5.91 Å². The second-order valence-electron chi connectivity index (χ2n) is 5.22. The molecule has 1 unspecified atom stereocenters. The Morgan fingerprint density at radius 2 is 1.91 bits per heavy atom. The highest BCUT2D eigenvalue weighted by atomic mass is 16.1. The Balaban J connectivity index is 2.11. The first-order valence-corrected chi connectivity index (χ1v) is 7.48. The number of carbonyl (C=O) groups excluding carboxylic acids is 1. The van der Waals surface area contributed by atoms with Crippen LogP contribution in [-0.4, -0.2) is 36.2 Å². The van der Waals surface area contributed by atoms with Crippen molar-refractivity contribution in [3.63, 3.8) is 0 Å². The number of hydrogen-bond donors (Lipinski definition) is 1. The number of rotatable bonds is 6. The van der Waals surface area contributed by atoms with E-state index in [9.17, 15) is 4.79 Å². The van der Waals surface area contributed by atoms with E-state index in [0.717, 1.165) is 18.7 Å². The summed E-state index contributed by atoms with van der Waals surface area (Å²) in [6.45, 7) is 2.16. The zero-order valence-electron chi connectivity index (χ0n) is 13.3. The fourth-order valence-electron chi connectivity index (χ4n) is 2.39. The molecule has 0 aliphatic rings. The maximum atomic E-state index is 11.5. The van der Waals surface area contributed by atoms with E-state index in [1.165, 1.54) is 5.56 Å². The molecule has 1 atom stereocenters. The van der Waals surface area contributed by atoms with Gasteiger partial charge >= 0.3 is 0 Å². The van der Waals surface area contributed by atoms with Crippen LogP contribution in [0, 0.1) is 0 Å². The lowest BCUT2D eigenvalue weighted by Gasteiger charge is -2.28. The molecule has 0 radical (unpaired) electrons. The van der Waals surface area contributed by atoms with Crippen LogP contribution in [0.4, 0.5) is 5.82 Å². The molecule has 1 N–H and O–H groups in total. The van der Waals surface area contributed by atoms with E-state index in [-0.39, 0.29) is 5.91 Å². The zero-order chi connectivity index (χ0) is 15.9. The number of aromatic nitrogens is 2. The van der Waals surface area contributed by atoms with Gasteiger partial charge in [-0.3, -0.25) is 4.79 Å². The van der Waals surface area contributed by atoms with E-state index in [0.29, 0.717) is 11.7 Å². The van der Waals surface area contributed by atoms with Crippen LogP contribution in [0.2, 0.25) is 0 Å². The number of nitrogens with one attached hydrogen (secondary N) is 1. The number of amides is 1. The highest BCUT2D eigenvalue weighted by Crippen LogP contribution is 2.17. The first-order chi connectivity index (χ1) is 10.7. The lowest BCUT2D eigenvalue weighted by molar-refractivity contribution is 0.0957. The van der Waals surface area contributed by atoms with E-state index < -0.39 is 0 Å². The topological polar surface area (TPSA) is 58.1 Å². The van der Waals surface area contributed by atoms with Crippen molar-refractivity contribution in [3.05, 3.63) is 53.7 Å². The molecule has 0 bridgehead atoms. The predicted molar refractivity (Wildman–Crippen MR) is 88.1 cm³/mol. The molecule has 5 heteroatoms. The normalized spacial score (nSPS) is 11.8. The van der Waals surface area contributed by atoms with Crippen LogP contribution in [0.3, 0.4) is 0 Å². The van der Waals surface area contributed by atoms with Gasteiger partial charge in [-0.15, -0.1) is 10.2 Å². The molecule has 5 nitrogen and oxygen atoms in total. The predicted octanol–water partition coefficient (Wildman–Crippen LogP) is 2.29. The molecule has 22 heavy (non-hydrogen) atoms. The van der Waals surface area contributed by atoms with Crippen molar-refractivity contribution >= 4 is 11.7 Å². The molecule has 1 amide bonds. The molecule has 1 aromatic heterocycles. The molecule has 2 aromatic rings. The fourth-order valence-corrected chi connectivity index (χ4v) is 2.39. The SMILES string of the molecule is CCC(Cc1ccccc1)N(C)c1ccc(C(=O)NC)nn1. The van der Waals surface area contributed by atoms with Gasteiger partial charge < -0.3 is 10.2 Å². The number of nitrogens with zero attached hydrogens (tertiary/aromatic N) is 3. The van der Waals surface area contributed by atoms with Crippen LogP contribution >= 0.6 is 0 Å². The summed E-state index contributed by atoms with van der Waals surface area (Å²) in [5, 5.41) is 10.7. The smallest absolute Gasteiger partial charge is 0.271 e. The molecule has 2 rings (SSSR count). The van der Waals surface area contributed by atoms with Crippen molar-refractivity contribution in [1.82, 2.24) is 15.5 Å². The minimum Gasteiger partial charge on any atom is -0.355 e. The average molecular weight is 298 g/mol. The van der Waals surface area contributed by atoms with Crippen molar-refractivity contribution in [1.29, 1.82) is 0 Å². The molecule has 0 saturated heterocycles. The molecular formula is C17H22N4O. The van der Waals surface area contributed by atoms with Crippen molar-refractivity contribution in [2.45, 2.75) is 25.8 Å². The van der Waals surface area contributed by atoms with E-state index in [2.05, 4.69) is 51.6 Å². The van der Waals surface area contributed by atoms with Gasteiger partial charge in [0, 0.05) is 20.1 Å². The Morgan fingerprint density at radius 1 is 1.18 bits per heavy atom. The standard InChI is InChI=1S/C17H22N4O/c1-4-14(12-13-8-6-5-7-9-13)21(3)16-11-10-15(19-20-16)17(22)18-2/h5-11,14H,4,12H2,1-3H3,(H,18,22). The second kappa shape index (κ2) is 7.54. The van der Waals surface area contributed by atoms with Crippen LogP contribution in [0.5, 0.6) is 0 Å². The van der Waals surface area contributed by atoms with Gasteiger partial charge in [0.15, 0.2) is 11.5 Å². The monoisotopic (exact) mass is 298 g/mol. The largest absolute Gasteiger partial charge is 0.355 e. The summed E-state index contributed by atoms with van der Waals surface area (Å²) in [6, 6.07) is 14.3. The summed E-state index contributed by atoms with van der Waals surface area (Å²) >= 11 is 0. The van der Waals surface area contributed by atoms with Gasteiger partial charge in [-0.05, 0) is 30.5 Å². The zero-order valence-corrected chi connectivity index (χ0v) is 13.3. The number of benzene rings is 1. The summed E-state index contributed by atoms with van der Waals surface area (Å²) in [5.41, 5.74) is 1.63. The number of carbonyl (C=O) groups is 1. The molecule has 0 fully saturated rings. The maximum absolute atomic E-state index is 11.5. The third-order valence-electron chi connectivity index (χ3n) is 3.80. The highest BCUT2D eigenvalue weighted by Gasteiger charge is 2.16. The van der Waals surface area contributed by atoms with Gasteiger partial charge in [-0.25, -0.2) is 0 Å². The lowest BCUT2D eigenvalue weighted by atomic mass is 10.0. The maximum Gasteiger partial charge on any atom is 0.271 e. The molecular weight excluding hydrogens is 276 g/mol. The fraction of sp³-hybridized carbons (Fsp3) is 0.353. The molecule has 0 aliphatic carbocycles. The van der Waals surface area contributed by atoms with Crippen molar-refractivity contribution in [2.75, 3.05) is 19.0 Å².